The molecule has 0 fully saturated rings. The van der Waals surface area contributed by atoms with Crippen molar-refractivity contribution < 1.29 is 9.59 Å². The molecule has 31 heavy (non-hydrogen) atoms. The van der Waals surface area contributed by atoms with Crippen LogP contribution in [0.5, 0.6) is 0 Å². The van der Waals surface area contributed by atoms with Crippen LogP contribution in [0, 0.1) is 6.92 Å². The second-order valence-electron chi connectivity index (χ2n) is 7.15. The zero-order chi connectivity index (χ0) is 22.2. The maximum Gasteiger partial charge on any atom is 0.256 e. The molecule has 6 heteroatoms. The summed E-state index contributed by atoms with van der Waals surface area (Å²) in [6, 6.07) is 22.5. The van der Waals surface area contributed by atoms with Crippen LogP contribution in [0.2, 0.25) is 0 Å². The van der Waals surface area contributed by atoms with Crippen molar-refractivity contribution in [2.45, 2.75) is 13.8 Å². The molecule has 0 atom stereocenters. The van der Waals surface area contributed by atoms with Gasteiger partial charge in [-0.1, -0.05) is 36.4 Å². The average molecular weight is 480 g/mol. The smallest absolute Gasteiger partial charge is 0.256 e. The third-order valence-electron chi connectivity index (χ3n) is 4.95. The number of halogens is 1. The molecule has 0 heterocycles. The molecule has 3 rings (SSSR count). The number of anilines is 2. The number of benzene rings is 3. The summed E-state index contributed by atoms with van der Waals surface area (Å²) in [4.78, 5) is 27.7. The minimum absolute atomic E-state index is 0.219. The lowest BCUT2D eigenvalue weighted by molar-refractivity contribution is 0.0955. The number of carbonyl (C=O) groups is 2. The lowest BCUT2D eigenvalue weighted by Crippen LogP contribution is -2.35. The molecule has 3 aromatic rings. The lowest BCUT2D eigenvalue weighted by atomic mass is 10.1. The minimum Gasteiger partial charge on any atom is -0.370 e. The standard InChI is InChI=1S/C25H26BrN3O2/c1-3-29(19-10-8-9-18(2)17-19)16-15-27-24(30)21-12-5-7-14-23(21)28-25(31)20-11-4-6-13-22(20)26/h4-14,17H,3,15-16H2,1-2H3,(H,27,30)(H,28,31). The lowest BCUT2D eigenvalue weighted by Gasteiger charge is -2.23. The minimum atomic E-state index is -0.274. The van der Waals surface area contributed by atoms with Gasteiger partial charge in [0.1, 0.15) is 0 Å². The number of nitrogens with one attached hydrogen (secondary N) is 2. The van der Waals surface area contributed by atoms with Crippen LogP contribution < -0.4 is 15.5 Å². The van der Waals surface area contributed by atoms with Crippen LogP contribution in [-0.4, -0.2) is 31.4 Å². The van der Waals surface area contributed by atoms with Crippen molar-refractivity contribution in [3.63, 3.8) is 0 Å². The Hall–Kier alpha value is -3.12. The molecule has 0 radical (unpaired) electrons. The molecule has 160 valence electrons. The highest BCUT2D eigenvalue weighted by molar-refractivity contribution is 9.10. The van der Waals surface area contributed by atoms with E-state index in [-0.39, 0.29) is 11.8 Å². The average Bonchev–Trinajstić information content (AvgIpc) is 2.77. The molecular formula is C25H26BrN3O2. The Morgan fingerprint density at radius 2 is 1.61 bits per heavy atom. The highest BCUT2D eigenvalue weighted by Crippen LogP contribution is 2.20. The predicted octanol–water partition coefficient (Wildman–Crippen LogP) is 5.27. The van der Waals surface area contributed by atoms with E-state index in [1.807, 2.05) is 12.1 Å². The largest absolute Gasteiger partial charge is 0.370 e. The Labute approximate surface area is 191 Å². The van der Waals surface area contributed by atoms with E-state index in [1.54, 1.807) is 42.5 Å². The predicted molar refractivity (Wildman–Crippen MR) is 130 cm³/mol. The Morgan fingerprint density at radius 1 is 0.903 bits per heavy atom. The maximum absolute atomic E-state index is 12.8. The molecule has 2 amide bonds. The number of nitrogens with zero attached hydrogens (tertiary/aromatic N) is 1. The molecular weight excluding hydrogens is 454 g/mol. The van der Waals surface area contributed by atoms with Crippen molar-refractivity contribution in [1.29, 1.82) is 0 Å². The van der Waals surface area contributed by atoms with Crippen LogP contribution >= 0.6 is 15.9 Å². The van der Waals surface area contributed by atoms with Crippen molar-refractivity contribution in [1.82, 2.24) is 5.32 Å². The van der Waals surface area contributed by atoms with Gasteiger partial charge in [-0.15, -0.1) is 0 Å². The van der Waals surface area contributed by atoms with Gasteiger partial charge in [0.15, 0.2) is 0 Å². The fourth-order valence-electron chi connectivity index (χ4n) is 3.32. The van der Waals surface area contributed by atoms with Crippen LogP contribution in [-0.2, 0) is 0 Å². The van der Waals surface area contributed by atoms with Crippen molar-refractivity contribution in [3.8, 4) is 0 Å². The molecule has 0 saturated carbocycles. The molecule has 2 N–H and O–H groups in total. The zero-order valence-electron chi connectivity index (χ0n) is 17.7. The van der Waals surface area contributed by atoms with Crippen LogP contribution in [0.15, 0.2) is 77.3 Å². The summed E-state index contributed by atoms with van der Waals surface area (Å²) in [7, 11) is 0. The van der Waals surface area contributed by atoms with E-state index < -0.39 is 0 Å². The molecule has 0 unspecified atom stereocenters. The first-order chi connectivity index (χ1) is 15.0. The van der Waals surface area contributed by atoms with Crippen molar-refractivity contribution in [3.05, 3.63) is 94.0 Å². The third-order valence-corrected chi connectivity index (χ3v) is 5.65. The van der Waals surface area contributed by atoms with Gasteiger partial charge in [-0.05, 0) is 71.7 Å². The van der Waals surface area contributed by atoms with Crippen LogP contribution in [0.4, 0.5) is 11.4 Å². The SMILES string of the molecule is CCN(CCNC(=O)c1ccccc1NC(=O)c1ccccc1Br)c1cccc(C)c1. The molecule has 0 saturated heterocycles. The first-order valence-electron chi connectivity index (χ1n) is 10.2. The third kappa shape index (κ3) is 5.95. The van der Waals surface area contributed by atoms with Crippen LogP contribution in [0.1, 0.15) is 33.2 Å². The van der Waals surface area contributed by atoms with E-state index in [0.29, 0.717) is 34.4 Å². The van der Waals surface area contributed by atoms with Crippen molar-refractivity contribution in [2.75, 3.05) is 29.9 Å². The quantitative estimate of drug-likeness (QED) is 0.462. The number of hydrogen-bond acceptors (Lipinski definition) is 3. The Morgan fingerprint density at radius 3 is 2.32 bits per heavy atom. The van der Waals surface area contributed by atoms with Crippen LogP contribution in [0.3, 0.4) is 0 Å². The van der Waals surface area contributed by atoms with Gasteiger partial charge in [0.05, 0.1) is 16.8 Å². The number of para-hydroxylation sites is 1. The number of hydrogen-bond donors (Lipinski definition) is 2. The molecule has 0 aliphatic carbocycles. The highest BCUT2D eigenvalue weighted by Gasteiger charge is 2.15. The molecule has 3 aromatic carbocycles. The fraction of sp³-hybridized carbons (Fsp3) is 0.200. The molecule has 0 aliphatic heterocycles. The number of rotatable bonds is 8. The highest BCUT2D eigenvalue weighted by atomic mass is 79.9. The van der Waals surface area contributed by atoms with E-state index in [9.17, 15) is 9.59 Å². The number of aryl methyl sites for hydroxylation is 1. The first kappa shape index (κ1) is 22.6. The topological polar surface area (TPSA) is 61.4 Å². The second kappa shape index (κ2) is 10.8. The van der Waals surface area contributed by atoms with Gasteiger partial charge in [0.2, 0.25) is 0 Å². The number of likely N-dealkylation sites (N-methyl/N-ethyl adjacent to an activating group) is 1. The van der Waals surface area contributed by atoms with Crippen LogP contribution in [0.25, 0.3) is 0 Å². The van der Waals surface area contributed by atoms with E-state index in [4.69, 9.17) is 0 Å². The van der Waals surface area contributed by atoms with Gasteiger partial charge < -0.3 is 15.5 Å². The number of carbonyl (C=O) groups excluding carboxylic acids is 2. The van der Waals surface area contributed by atoms with Gasteiger partial charge in [0, 0.05) is 29.8 Å². The molecule has 5 nitrogen and oxygen atoms in total. The van der Waals surface area contributed by atoms with Gasteiger partial charge in [-0.3, -0.25) is 9.59 Å². The first-order valence-corrected chi connectivity index (χ1v) is 11.0. The summed E-state index contributed by atoms with van der Waals surface area (Å²) in [6.45, 7) is 6.19. The molecule has 0 bridgehead atoms. The molecule has 0 aliphatic rings. The second-order valence-corrected chi connectivity index (χ2v) is 8.01. The Balaban J connectivity index is 1.64. The van der Waals surface area contributed by atoms with Crippen molar-refractivity contribution >= 4 is 39.1 Å². The van der Waals surface area contributed by atoms with E-state index in [1.165, 1.54) is 5.56 Å². The van der Waals surface area contributed by atoms with Gasteiger partial charge >= 0.3 is 0 Å². The van der Waals surface area contributed by atoms with Gasteiger partial charge in [0.25, 0.3) is 11.8 Å². The zero-order valence-corrected chi connectivity index (χ0v) is 19.3. The normalized spacial score (nSPS) is 10.4. The summed E-state index contributed by atoms with van der Waals surface area (Å²) in [6.07, 6.45) is 0. The van der Waals surface area contributed by atoms with E-state index >= 15 is 0 Å². The molecule has 0 aromatic heterocycles. The summed E-state index contributed by atoms with van der Waals surface area (Å²) in [5, 5.41) is 5.82. The van der Waals surface area contributed by atoms with E-state index in [2.05, 4.69) is 63.5 Å². The fourth-order valence-corrected chi connectivity index (χ4v) is 3.78. The number of amides is 2. The van der Waals surface area contributed by atoms with E-state index in [0.717, 1.165) is 12.2 Å². The summed E-state index contributed by atoms with van der Waals surface area (Å²) >= 11 is 3.39. The summed E-state index contributed by atoms with van der Waals surface area (Å²) < 4.78 is 0.699. The Kier molecular flexibility index (Phi) is 7.84. The summed E-state index contributed by atoms with van der Waals surface area (Å²) in [5.74, 6) is -0.493. The van der Waals surface area contributed by atoms with Gasteiger partial charge in [-0.25, -0.2) is 0 Å². The Bertz CT molecular complexity index is 1070. The molecule has 0 spiro atoms. The monoisotopic (exact) mass is 479 g/mol. The van der Waals surface area contributed by atoms with Crippen molar-refractivity contribution in [2.24, 2.45) is 0 Å². The maximum atomic E-state index is 12.8. The summed E-state index contributed by atoms with van der Waals surface area (Å²) in [5.41, 5.74) is 3.76. The van der Waals surface area contributed by atoms with Gasteiger partial charge in [-0.2, -0.15) is 0 Å².